The minimum absolute atomic E-state index is 0.318. The molecule has 0 saturated heterocycles. The van der Waals surface area contributed by atoms with Gasteiger partial charge in [0.25, 0.3) is 0 Å². The van der Waals surface area contributed by atoms with Gasteiger partial charge in [0.2, 0.25) is 0 Å². The number of halogens is 1. The van der Waals surface area contributed by atoms with Gasteiger partial charge in [0, 0.05) is 18.2 Å². The lowest BCUT2D eigenvalue weighted by molar-refractivity contribution is 0.169. The standard InChI is InChI=1S/C11H10FNO2/c12-9-4-8(6-13-7-9)11(14)5-10-2-1-3-15-10/h1-4,6-7,11,14H,5H2. The van der Waals surface area contributed by atoms with Crippen LogP contribution in [-0.2, 0) is 6.42 Å². The third-order valence-corrected chi connectivity index (χ3v) is 2.09. The van der Waals surface area contributed by atoms with Crippen LogP contribution < -0.4 is 0 Å². The summed E-state index contributed by atoms with van der Waals surface area (Å²) in [6.07, 6.45) is 3.60. The molecule has 2 heterocycles. The molecule has 78 valence electrons. The summed E-state index contributed by atoms with van der Waals surface area (Å²) in [7, 11) is 0. The van der Waals surface area contributed by atoms with Crippen molar-refractivity contribution in [1.29, 1.82) is 0 Å². The summed E-state index contributed by atoms with van der Waals surface area (Å²) >= 11 is 0. The fourth-order valence-corrected chi connectivity index (χ4v) is 1.35. The minimum Gasteiger partial charge on any atom is -0.469 e. The van der Waals surface area contributed by atoms with Gasteiger partial charge in [0.15, 0.2) is 0 Å². The monoisotopic (exact) mass is 207 g/mol. The molecule has 0 aliphatic rings. The summed E-state index contributed by atoms with van der Waals surface area (Å²) in [6.45, 7) is 0. The van der Waals surface area contributed by atoms with Crippen molar-refractivity contribution >= 4 is 0 Å². The van der Waals surface area contributed by atoms with E-state index in [0.29, 0.717) is 17.7 Å². The van der Waals surface area contributed by atoms with Crippen LogP contribution in [0, 0.1) is 5.82 Å². The Morgan fingerprint density at radius 2 is 2.33 bits per heavy atom. The Kier molecular flexibility index (Phi) is 2.78. The normalized spacial score (nSPS) is 12.7. The van der Waals surface area contributed by atoms with E-state index in [1.165, 1.54) is 18.5 Å². The van der Waals surface area contributed by atoms with E-state index >= 15 is 0 Å². The summed E-state index contributed by atoms with van der Waals surface area (Å²) in [5, 5.41) is 9.75. The van der Waals surface area contributed by atoms with Crippen molar-refractivity contribution < 1.29 is 13.9 Å². The Balaban J connectivity index is 2.11. The molecule has 0 radical (unpaired) electrons. The number of aromatic nitrogens is 1. The highest BCUT2D eigenvalue weighted by Crippen LogP contribution is 2.18. The smallest absolute Gasteiger partial charge is 0.141 e. The van der Waals surface area contributed by atoms with E-state index < -0.39 is 11.9 Å². The van der Waals surface area contributed by atoms with Crippen LogP contribution in [0.25, 0.3) is 0 Å². The maximum atomic E-state index is 12.8. The molecule has 15 heavy (non-hydrogen) atoms. The third-order valence-electron chi connectivity index (χ3n) is 2.09. The summed E-state index contributed by atoms with van der Waals surface area (Å²) in [4.78, 5) is 3.67. The second-order valence-electron chi connectivity index (χ2n) is 3.24. The molecule has 3 nitrogen and oxygen atoms in total. The van der Waals surface area contributed by atoms with Crippen molar-refractivity contribution in [2.45, 2.75) is 12.5 Å². The van der Waals surface area contributed by atoms with Crippen molar-refractivity contribution in [3.63, 3.8) is 0 Å². The summed E-state index contributed by atoms with van der Waals surface area (Å²) in [6, 6.07) is 4.77. The fourth-order valence-electron chi connectivity index (χ4n) is 1.35. The zero-order valence-corrected chi connectivity index (χ0v) is 7.93. The molecule has 0 spiro atoms. The number of furan rings is 1. The molecular weight excluding hydrogens is 197 g/mol. The summed E-state index contributed by atoms with van der Waals surface area (Å²) in [5.41, 5.74) is 0.450. The molecule has 0 fully saturated rings. The molecule has 0 bridgehead atoms. The van der Waals surface area contributed by atoms with Crippen LogP contribution in [0.4, 0.5) is 4.39 Å². The van der Waals surface area contributed by atoms with E-state index in [1.807, 2.05) is 0 Å². The molecule has 1 N–H and O–H groups in total. The van der Waals surface area contributed by atoms with Crippen molar-refractivity contribution in [2.75, 3.05) is 0 Å². The second kappa shape index (κ2) is 4.23. The molecule has 1 unspecified atom stereocenters. The maximum Gasteiger partial charge on any atom is 0.141 e. The quantitative estimate of drug-likeness (QED) is 0.838. The molecule has 0 saturated carbocycles. The number of aliphatic hydroxyl groups is 1. The zero-order chi connectivity index (χ0) is 10.7. The number of aliphatic hydroxyl groups excluding tert-OH is 1. The Labute approximate surface area is 86.2 Å². The van der Waals surface area contributed by atoms with Crippen LogP contribution in [0.1, 0.15) is 17.4 Å². The van der Waals surface area contributed by atoms with Gasteiger partial charge in [-0.1, -0.05) is 0 Å². The van der Waals surface area contributed by atoms with Gasteiger partial charge in [0.05, 0.1) is 18.6 Å². The predicted octanol–water partition coefficient (Wildman–Crippen LogP) is 2.09. The van der Waals surface area contributed by atoms with Gasteiger partial charge in [-0.2, -0.15) is 0 Å². The summed E-state index contributed by atoms with van der Waals surface area (Å²) < 4.78 is 17.9. The van der Waals surface area contributed by atoms with Crippen LogP contribution in [-0.4, -0.2) is 10.1 Å². The van der Waals surface area contributed by atoms with Crippen LogP contribution in [0.15, 0.2) is 41.3 Å². The zero-order valence-electron chi connectivity index (χ0n) is 7.93. The van der Waals surface area contributed by atoms with E-state index in [1.54, 1.807) is 12.1 Å². The first kappa shape index (κ1) is 9.86. The lowest BCUT2D eigenvalue weighted by atomic mass is 10.1. The highest BCUT2D eigenvalue weighted by Gasteiger charge is 2.11. The van der Waals surface area contributed by atoms with Crippen LogP contribution in [0.5, 0.6) is 0 Å². The van der Waals surface area contributed by atoms with Crippen molar-refractivity contribution in [1.82, 2.24) is 4.98 Å². The van der Waals surface area contributed by atoms with Gasteiger partial charge < -0.3 is 9.52 Å². The largest absolute Gasteiger partial charge is 0.469 e. The molecule has 1 atom stereocenters. The molecule has 0 aromatic carbocycles. The van der Waals surface area contributed by atoms with Crippen LogP contribution in [0.3, 0.4) is 0 Å². The molecule has 0 aliphatic heterocycles. The average molecular weight is 207 g/mol. The van der Waals surface area contributed by atoms with E-state index in [-0.39, 0.29) is 0 Å². The fraction of sp³-hybridized carbons (Fsp3) is 0.182. The van der Waals surface area contributed by atoms with Gasteiger partial charge in [-0.3, -0.25) is 4.98 Å². The Morgan fingerprint density at radius 1 is 1.47 bits per heavy atom. The van der Waals surface area contributed by atoms with Gasteiger partial charge in [-0.25, -0.2) is 4.39 Å². The first-order valence-electron chi connectivity index (χ1n) is 4.56. The lowest BCUT2D eigenvalue weighted by Crippen LogP contribution is -2.02. The van der Waals surface area contributed by atoms with Gasteiger partial charge in [-0.05, 0) is 18.2 Å². The molecule has 0 amide bonds. The van der Waals surface area contributed by atoms with E-state index in [0.717, 1.165) is 6.20 Å². The van der Waals surface area contributed by atoms with Crippen molar-refractivity contribution in [3.05, 3.63) is 54.0 Å². The van der Waals surface area contributed by atoms with E-state index in [4.69, 9.17) is 4.42 Å². The lowest BCUT2D eigenvalue weighted by Gasteiger charge is -2.08. The molecule has 0 aliphatic carbocycles. The number of hydrogen-bond donors (Lipinski definition) is 1. The highest BCUT2D eigenvalue weighted by molar-refractivity contribution is 5.15. The minimum atomic E-state index is -0.792. The Hall–Kier alpha value is -1.68. The topological polar surface area (TPSA) is 46.3 Å². The molecule has 2 rings (SSSR count). The molecule has 4 heteroatoms. The van der Waals surface area contributed by atoms with Crippen LogP contribution in [0.2, 0.25) is 0 Å². The highest BCUT2D eigenvalue weighted by atomic mass is 19.1. The molecular formula is C11H10FNO2. The number of rotatable bonds is 3. The van der Waals surface area contributed by atoms with Gasteiger partial charge >= 0.3 is 0 Å². The SMILES string of the molecule is OC(Cc1ccco1)c1cncc(F)c1. The summed E-state index contributed by atoms with van der Waals surface area (Å²) in [5.74, 6) is 0.206. The molecule has 2 aromatic heterocycles. The van der Waals surface area contributed by atoms with Crippen molar-refractivity contribution in [2.24, 2.45) is 0 Å². The van der Waals surface area contributed by atoms with E-state index in [2.05, 4.69) is 4.98 Å². The first-order valence-corrected chi connectivity index (χ1v) is 4.56. The number of nitrogens with zero attached hydrogens (tertiary/aromatic N) is 1. The number of pyridine rings is 1. The Bertz CT molecular complexity index is 428. The van der Waals surface area contributed by atoms with Crippen molar-refractivity contribution in [3.8, 4) is 0 Å². The van der Waals surface area contributed by atoms with Gasteiger partial charge in [-0.15, -0.1) is 0 Å². The second-order valence-corrected chi connectivity index (χ2v) is 3.24. The number of hydrogen-bond acceptors (Lipinski definition) is 3. The average Bonchev–Trinajstić information content (AvgIpc) is 2.70. The maximum absolute atomic E-state index is 12.8. The third kappa shape index (κ3) is 2.41. The van der Waals surface area contributed by atoms with E-state index in [9.17, 15) is 9.50 Å². The Morgan fingerprint density at radius 3 is 3.00 bits per heavy atom. The predicted molar refractivity (Wildman–Crippen MR) is 51.6 cm³/mol. The first-order chi connectivity index (χ1) is 7.25. The van der Waals surface area contributed by atoms with Gasteiger partial charge in [0.1, 0.15) is 11.6 Å². The molecule has 2 aromatic rings. The van der Waals surface area contributed by atoms with Crippen LogP contribution >= 0.6 is 0 Å².